The second-order valence-electron chi connectivity index (χ2n) is 10.4. The molecule has 5 unspecified atom stereocenters. The van der Waals surface area contributed by atoms with Crippen molar-refractivity contribution in [3.63, 3.8) is 0 Å². The van der Waals surface area contributed by atoms with Crippen LogP contribution in [0.5, 0.6) is 5.75 Å². The summed E-state index contributed by atoms with van der Waals surface area (Å²) in [6.45, 7) is 4.42. The number of ether oxygens (including phenoxy) is 4. The molecule has 0 spiro atoms. The Morgan fingerprint density at radius 1 is 1.13 bits per heavy atom. The zero-order valence-corrected chi connectivity index (χ0v) is 22.8. The molecular weight excluding hydrogens is 504 g/mol. The molecule has 38 heavy (non-hydrogen) atoms. The van der Waals surface area contributed by atoms with E-state index < -0.39 is 18.2 Å². The summed E-state index contributed by atoms with van der Waals surface area (Å²) in [4.78, 5) is 14.2. The highest BCUT2D eigenvalue weighted by atomic mass is 32.2. The average Bonchev–Trinajstić information content (AvgIpc) is 3.46. The van der Waals surface area contributed by atoms with Crippen LogP contribution in [-0.4, -0.2) is 73.5 Å². The van der Waals surface area contributed by atoms with E-state index in [-0.39, 0.29) is 24.2 Å². The van der Waals surface area contributed by atoms with E-state index in [1.54, 1.807) is 19.1 Å². The van der Waals surface area contributed by atoms with E-state index in [0.29, 0.717) is 32.1 Å². The summed E-state index contributed by atoms with van der Waals surface area (Å²) >= 11 is 1.59. The second kappa shape index (κ2) is 12.7. The smallest absolute Gasteiger partial charge is 0.407 e. The van der Waals surface area contributed by atoms with E-state index in [4.69, 9.17) is 18.9 Å². The number of fused-ring (bicyclic) bond motifs is 1. The molecule has 2 N–H and O–H groups in total. The van der Waals surface area contributed by atoms with Gasteiger partial charge in [0, 0.05) is 35.7 Å². The summed E-state index contributed by atoms with van der Waals surface area (Å²) in [5.74, 6) is 1.49. The van der Waals surface area contributed by atoms with Crippen LogP contribution in [0.1, 0.15) is 25.3 Å². The van der Waals surface area contributed by atoms with Crippen molar-refractivity contribution in [1.29, 1.82) is 0 Å². The fourth-order valence-electron chi connectivity index (χ4n) is 5.85. The molecule has 1 amide bonds. The first-order chi connectivity index (χ1) is 18.5. The van der Waals surface area contributed by atoms with Crippen molar-refractivity contribution in [3.05, 3.63) is 60.2 Å². The van der Waals surface area contributed by atoms with Crippen molar-refractivity contribution in [2.24, 2.45) is 17.8 Å². The minimum absolute atomic E-state index is 0.159. The number of amides is 1. The molecule has 2 aromatic rings. The van der Waals surface area contributed by atoms with Crippen LogP contribution in [0.25, 0.3) is 0 Å². The Kier molecular flexibility index (Phi) is 9.12. The number of nitrogens with zero attached hydrogens (tertiary/aromatic N) is 1. The monoisotopic (exact) mass is 542 g/mol. The second-order valence-corrected chi connectivity index (χ2v) is 11.6. The van der Waals surface area contributed by atoms with Crippen LogP contribution in [0.15, 0.2) is 59.5 Å². The molecule has 2 bridgehead atoms. The first-order valence-corrected chi connectivity index (χ1v) is 14.3. The molecule has 1 saturated carbocycles. The molecule has 3 fully saturated rings. The molecule has 2 heterocycles. The van der Waals surface area contributed by atoms with Gasteiger partial charge in [-0.3, -0.25) is 0 Å². The normalized spacial score (nSPS) is 27.2. The van der Waals surface area contributed by atoms with E-state index in [0.717, 1.165) is 35.6 Å². The van der Waals surface area contributed by atoms with Gasteiger partial charge >= 0.3 is 6.09 Å². The Bertz CT molecular complexity index is 1040. The number of hydrogen-bond donors (Lipinski definition) is 2. The molecule has 7 atom stereocenters. The van der Waals surface area contributed by atoms with Gasteiger partial charge in [0.15, 0.2) is 6.29 Å². The number of rotatable bonds is 12. The summed E-state index contributed by atoms with van der Waals surface area (Å²) in [7, 11) is 1.65. The minimum Gasteiger partial charge on any atom is -0.497 e. The summed E-state index contributed by atoms with van der Waals surface area (Å²) in [5.41, 5.74) is 1.04. The first kappa shape index (κ1) is 27.3. The van der Waals surface area contributed by atoms with Crippen LogP contribution < -0.4 is 10.1 Å². The highest BCUT2D eigenvalue weighted by Crippen LogP contribution is 2.49. The lowest BCUT2D eigenvalue weighted by atomic mass is 9.98. The Hall–Kier alpha value is -2.30. The van der Waals surface area contributed by atoms with Crippen LogP contribution in [0.4, 0.5) is 4.79 Å². The van der Waals surface area contributed by atoms with Crippen molar-refractivity contribution in [1.82, 2.24) is 9.62 Å². The van der Waals surface area contributed by atoms with E-state index in [1.165, 1.54) is 0 Å². The molecule has 5 rings (SSSR count). The number of carbonyl (C=O) groups is 1. The quantitative estimate of drug-likeness (QED) is 0.387. The van der Waals surface area contributed by atoms with Gasteiger partial charge in [-0.15, -0.1) is 0 Å². The fourth-order valence-corrected chi connectivity index (χ4v) is 6.91. The summed E-state index contributed by atoms with van der Waals surface area (Å²) < 4.78 is 25.0. The Morgan fingerprint density at radius 3 is 2.63 bits per heavy atom. The number of benzene rings is 2. The molecule has 1 aliphatic carbocycles. The number of methoxy groups -OCH3 is 1. The Labute approximate surface area is 229 Å². The fraction of sp³-hybridized carbons (Fsp3) is 0.552. The van der Waals surface area contributed by atoms with Crippen LogP contribution in [0, 0.1) is 17.8 Å². The summed E-state index contributed by atoms with van der Waals surface area (Å²) in [6, 6.07) is 17.3. The third kappa shape index (κ3) is 6.46. The number of aliphatic hydroxyl groups is 1. The number of aliphatic hydroxyl groups excluding tert-OH is 1. The standard InChI is InChI=1S/C29H38N2O6S/c1-3-13-31(38-22-11-9-21(34-2)10-12-22)16-26(32)25(14-19-7-5-4-6-8-19)30-29(33)37-27-20-15-23-24(27)18-36-28(23)35-17-20/h4-12,20,23-28,32H,3,13-18H2,1-2H3,(H,30,33)/t20?,23?,24?,25-,26+,27?,28?/m0/s1. The van der Waals surface area contributed by atoms with Gasteiger partial charge in [0.1, 0.15) is 11.9 Å². The minimum atomic E-state index is -0.801. The third-order valence-corrected chi connectivity index (χ3v) is 8.83. The molecule has 0 radical (unpaired) electrons. The molecule has 9 heteroatoms. The predicted octanol–water partition coefficient (Wildman–Crippen LogP) is 4.12. The molecule has 0 aromatic heterocycles. The lowest BCUT2D eigenvalue weighted by Gasteiger charge is -2.31. The molecule has 2 saturated heterocycles. The van der Waals surface area contributed by atoms with Gasteiger partial charge in [-0.1, -0.05) is 37.3 Å². The van der Waals surface area contributed by atoms with Gasteiger partial charge in [-0.2, -0.15) is 0 Å². The van der Waals surface area contributed by atoms with E-state index in [1.807, 2.05) is 54.6 Å². The Balaban J connectivity index is 1.25. The zero-order valence-electron chi connectivity index (χ0n) is 22.0. The first-order valence-electron chi connectivity index (χ1n) is 13.5. The SMILES string of the molecule is CCCN(C[C@@H](O)[C@H](Cc1ccccc1)NC(=O)OC1C2COC3OCC1C3C2)Sc1ccc(OC)cc1. The predicted molar refractivity (Wildman–Crippen MR) is 145 cm³/mol. The van der Waals surface area contributed by atoms with Crippen molar-refractivity contribution < 1.29 is 28.8 Å². The van der Waals surface area contributed by atoms with Crippen molar-refractivity contribution in [2.45, 2.75) is 55.6 Å². The molecule has 2 aliphatic heterocycles. The highest BCUT2D eigenvalue weighted by molar-refractivity contribution is 7.97. The van der Waals surface area contributed by atoms with Crippen LogP contribution >= 0.6 is 11.9 Å². The van der Waals surface area contributed by atoms with Crippen molar-refractivity contribution in [2.75, 3.05) is 33.4 Å². The van der Waals surface area contributed by atoms with Gasteiger partial charge in [-0.25, -0.2) is 9.10 Å². The number of nitrogens with one attached hydrogen (secondary N) is 1. The summed E-state index contributed by atoms with van der Waals surface area (Å²) in [5, 5.41) is 14.4. The maximum absolute atomic E-state index is 13.2. The largest absolute Gasteiger partial charge is 0.497 e. The topological polar surface area (TPSA) is 89.5 Å². The third-order valence-electron chi connectivity index (χ3n) is 7.76. The van der Waals surface area contributed by atoms with Crippen LogP contribution in [-0.2, 0) is 20.6 Å². The van der Waals surface area contributed by atoms with E-state index in [2.05, 4.69) is 16.5 Å². The molecule has 2 aromatic carbocycles. The van der Waals surface area contributed by atoms with Crippen LogP contribution in [0.2, 0.25) is 0 Å². The lowest BCUT2D eigenvalue weighted by Crippen LogP contribution is -2.50. The van der Waals surface area contributed by atoms with Gasteiger partial charge in [0.05, 0.1) is 32.5 Å². The summed E-state index contributed by atoms with van der Waals surface area (Å²) in [6.07, 6.45) is 0.737. The highest BCUT2D eigenvalue weighted by Gasteiger charge is 2.56. The van der Waals surface area contributed by atoms with Crippen molar-refractivity contribution >= 4 is 18.0 Å². The molecule has 3 aliphatic rings. The maximum atomic E-state index is 13.2. The lowest BCUT2D eigenvalue weighted by molar-refractivity contribution is -0.169. The molecular formula is C29H38N2O6S. The van der Waals surface area contributed by atoms with Gasteiger partial charge in [0.25, 0.3) is 0 Å². The zero-order chi connectivity index (χ0) is 26.5. The number of carbonyl (C=O) groups excluding carboxylic acids is 1. The number of alkyl carbamates (subject to hydrolysis) is 1. The van der Waals surface area contributed by atoms with Gasteiger partial charge < -0.3 is 29.4 Å². The number of hydrogen-bond acceptors (Lipinski definition) is 8. The molecule has 206 valence electrons. The Morgan fingerprint density at radius 2 is 1.89 bits per heavy atom. The average molecular weight is 543 g/mol. The van der Waals surface area contributed by atoms with E-state index >= 15 is 0 Å². The van der Waals surface area contributed by atoms with Crippen LogP contribution in [0.3, 0.4) is 0 Å². The maximum Gasteiger partial charge on any atom is 0.407 e. The van der Waals surface area contributed by atoms with Crippen molar-refractivity contribution in [3.8, 4) is 5.75 Å². The van der Waals surface area contributed by atoms with E-state index in [9.17, 15) is 9.90 Å². The van der Waals surface area contributed by atoms with Gasteiger partial charge in [-0.05, 0) is 61.0 Å². The molecule has 8 nitrogen and oxygen atoms in total. The van der Waals surface area contributed by atoms with Gasteiger partial charge in [0.2, 0.25) is 0 Å².